The lowest BCUT2D eigenvalue weighted by atomic mass is 9.90. The van der Waals surface area contributed by atoms with Gasteiger partial charge in [-0.05, 0) is 69.7 Å². The molecule has 2 aliphatic heterocycles. The minimum atomic E-state index is -0.356. The molecule has 1 aromatic carbocycles. The number of halogens is 2. The van der Waals surface area contributed by atoms with E-state index in [1.165, 1.54) is 12.1 Å². The van der Waals surface area contributed by atoms with Crippen LogP contribution in [0.1, 0.15) is 45.4 Å². The molecule has 3 aliphatic rings. The maximum atomic E-state index is 14.5. The summed E-state index contributed by atoms with van der Waals surface area (Å²) < 4.78 is 25.7. The zero-order valence-corrected chi connectivity index (χ0v) is 25.7. The zero-order valence-electron chi connectivity index (χ0n) is 25.0. The maximum absolute atomic E-state index is 14.5. The number of nitriles is 1. The highest BCUT2D eigenvalue weighted by atomic mass is 35.5. The molecule has 1 aromatic heterocycles. The molecule has 2 aromatic rings. The smallest absolute Gasteiger partial charge is 0.129 e. The van der Waals surface area contributed by atoms with E-state index < -0.39 is 0 Å². The molecule has 3 N–H and O–H groups in total. The first-order valence-electron chi connectivity index (χ1n) is 15.3. The molecule has 0 spiro atoms. The Hall–Kier alpha value is -3.16. The Kier molecular flexibility index (Phi) is 10.9. The van der Waals surface area contributed by atoms with E-state index in [4.69, 9.17) is 26.1 Å². The molecule has 0 amide bonds. The SMILES string of the molecule is COC[C@@H](C)N[C@H]1CC[C@H](Nc2cc(N3C=CC=CC3)c(Cl)c(-c3ccc(F)cc3NCC3CC(C#N)CCO3)n2)CC1. The summed E-state index contributed by atoms with van der Waals surface area (Å²) in [5.74, 6) is 0.357. The molecule has 230 valence electrons. The molecule has 10 heteroatoms. The van der Waals surface area contributed by atoms with Crippen LogP contribution in [0.2, 0.25) is 5.02 Å². The van der Waals surface area contributed by atoms with E-state index in [0.717, 1.165) is 43.6 Å². The van der Waals surface area contributed by atoms with Crippen molar-refractivity contribution in [1.29, 1.82) is 5.26 Å². The topological polar surface area (TPSA) is 94.5 Å². The van der Waals surface area contributed by atoms with Crippen LogP contribution in [0.3, 0.4) is 0 Å². The average Bonchev–Trinajstić information content (AvgIpc) is 3.02. The number of nitrogens with zero attached hydrogens (tertiary/aromatic N) is 3. The number of hydrogen-bond donors (Lipinski definition) is 3. The third-order valence-corrected chi connectivity index (χ3v) is 8.76. The summed E-state index contributed by atoms with van der Waals surface area (Å²) in [5, 5.41) is 20.6. The van der Waals surface area contributed by atoms with E-state index in [0.29, 0.717) is 66.8 Å². The monoisotopic (exact) mass is 608 g/mol. The van der Waals surface area contributed by atoms with Gasteiger partial charge >= 0.3 is 0 Å². The number of nitrogens with one attached hydrogen (secondary N) is 3. The molecule has 3 heterocycles. The van der Waals surface area contributed by atoms with Gasteiger partial charge in [0.2, 0.25) is 0 Å². The van der Waals surface area contributed by atoms with Gasteiger partial charge in [-0.1, -0.05) is 23.8 Å². The molecule has 0 radical (unpaired) electrons. The number of hydrogen-bond acceptors (Lipinski definition) is 8. The van der Waals surface area contributed by atoms with Crippen LogP contribution in [0.4, 0.5) is 21.6 Å². The van der Waals surface area contributed by atoms with Crippen LogP contribution in [0.15, 0.2) is 48.7 Å². The van der Waals surface area contributed by atoms with Crippen molar-refractivity contribution in [2.75, 3.05) is 48.9 Å². The van der Waals surface area contributed by atoms with E-state index in [9.17, 15) is 9.65 Å². The molecule has 1 saturated heterocycles. The van der Waals surface area contributed by atoms with Crippen LogP contribution in [0, 0.1) is 23.1 Å². The number of benzene rings is 1. The summed E-state index contributed by atoms with van der Waals surface area (Å²) in [6.07, 6.45) is 13.5. The van der Waals surface area contributed by atoms with Gasteiger partial charge in [-0.2, -0.15) is 5.26 Å². The number of allylic oxidation sites excluding steroid dienone is 2. The molecule has 8 nitrogen and oxygen atoms in total. The van der Waals surface area contributed by atoms with Crippen LogP contribution in [-0.4, -0.2) is 62.6 Å². The van der Waals surface area contributed by atoms with Gasteiger partial charge in [0.1, 0.15) is 11.6 Å². The number of anilines is 3. The van der Waals surface area contributed by atoms with Gasteiger partial charge in [-0.3, -0.25) is 0 Å². The number of aromatic nitrogens is 1. The second-order valence-electron chi connectivity index (χ2n) is 11.7. The molecule has 1 saturated carbocycles. The van der Waals surface area contributed by atoms with E-state index in [2.05, 4.69) is 39.9 Å². The van der Waals surface area contributed by atoms with Crippen molar-refractivity contribution in [3.8, 4) is 17.3 Å². The Labute approximate surface area is 259 Å². The Balaban J connectivity index is 1.39. The minimum absolute atomic E-state index is 0.0276. The Morgan fingerprint density at radius 2 is 2.00 bits per heavy atom. The Morgan fingerprint density at radius 3 is 2.74 bits per heavy atom. The van der Waals surface area contributed by atoms with Gasteiger partial charge in [0.05, 0.1) is 41.1 Å². The molecule has 43 heavy (non-hydrogen) atoms. The molecule has 1 aliphatic carbocycles. The highest BCUT2D eigenvalue weighted by molar-refractivity contribution is 6.36. The van der Waals surface area contributed by atoms with E-state index in [1.807, 2.05) is 24.4 Å². The molecule has 2 fully saturated rings. The van der Waals surface area contributed by atoms with Crippen molar-refractivity contribution in [1.82, 2.24) is 10.3 Å². The fourth-order valence-electron chi connectivity index (χ4n) is 6.17. The molecular weight excluding hydrogens is 567 g/mol. The van der Waals surface area contributed by atoms with Gasteiger partial charge in [-0.15, -0.1) is 0 Å². The second-order valence-corrected chi connectivity index (χ2v) is 12.1. The van der Waals surface area contributed by atoms with Crippen molar-refractivity contribution >= 4 is 28.8 Å². The molecule has 5 rings (SSSR count). The maximum Gasteiger partial charge on any atom is 0.129 e. The third kappa shape index (κ3) is 8.27. The number of pyridine rings is 1. The lowest BCUT2D eigenvalue weighted by Gasteiger charge is -2.32. The van der Waals surface area contributed by atoms with Crippen LogP contribution in [-0.2, 0) is 9.47 Å². The van der Waals surface area contributed by atoms with Gasteiger partial charge in [0.15, 0.2) is 0 Å². The van der Waals surface area contributed by atoms with Crippen LogP contribution in [0.25, 0.3) is 11.3 Å². The summed E-state index contributed by atoms with van der Waals surface area (Å²) in [5.41, 5.74) is 2.71. The van der Waals surface area contributed by atoms with E-state index in [1.54, 1.807) is 13.2 Å². The molecule has 3 atom stereocenters. The molecule has 2 unspecified atom stereocenters. The van der Waals surface area contributed by atoms with E-state index >= 15 is 0 Å². The first-order chi connectivity index (χ1) is 20.9. The van der Waals surface area contributed by atoms with Crippen LogP contribution in [0.5, 0.6) is 0 Å². The minimum Gasteiger partial charge on any atom is -0.383 e. The lowest BCUT2D eigenvalue weighted by molar-refractivity contribution is 0.0105. The normalized spacial score (nSPS) is 24.4. The lowest BCUT2D eigenvalue weighted by Crippen LogP contribution is -2.42. The van der Waals surface area contributed by atoms with E-state index in [-0.39, 0.29) is 23.9 Å². The Morgan fingerprint density at radius 1 is 1.19 bits per heavy atom. The van der Waals surface area contributed by atoms with Crippen molar-refractivity contribution in [2.24, 2.45) is 5.92 Å². The van der Waals surface area contributed by atoms with Crippen molar-refractivity contribution in [2.45, 2.75) is 69.7 Å². The van der Waals surface area contributed by atoms with Gasteiger partial charge < -0.3 is 30.3 Å². The summed E-state index contributed by atoms with van der Waals surface area (Å²) in [6, 6.07) is 10.1. The molecule has 0 bridgehead atoms. The van der Waals surface area contributed by atoms with Crippen LogP contribution < -0.4 is 20.9 Å². The summed E-state index contributed by atoms with van der Waals surface area (Å²) in [7, 11) is 1.73. The first kappa shape index (κ1) is 31.3. The summed E-state index contributed by atoms with van der Waals surface area (Å²) >= 11 is 7.09. The fraction of sp³-hybridized carbons (Fsp3) is 0.515. The standard InChI is InChI=1S/C33H42ClFN6O2/c1-22(21-42-2)38-25-7-9-26(10-8-25)39-31-18-30(41-13-4-3-5-14-41)32(34)33(40-31)28-11-6-24(35)17-29(28)37-20-27-16-23(19-36)12-15-43-27/h3-6,11,13,17-18,22-23,25-27,37-38H,7-10,12,14-16,20-21H2,1-2H3,(H,39,40)/t22-,23?,25-,26-,27?/m1/s1. The highest BCUT2D eigenvalue weighted by Crippen LogP contribution is 2.41. The van der Waals surface area contributed by atoms with Gasteiger partial charge in [-0.25, -0.2) is 9.37 Å². The quantitative estimate of drug-likeness (QED) is 0.266. The van der Waals surface area contributed by atoms with Gasteiger partial charge in [0, 0.05) is 68.4 Å². The summed E-state index contributed by atoms with van der Waals surface area (Å²) in [6.45, 7) is 4.54. The number of ether oxygens (including phenoxy) is 2. The third-order valence-electron chi connectivity index (χ3n) is 8.39. The van der Waals surface area contributed by atoms with Crippen molar-refractivity contribution < 1.29 is 13.9 Å². The zero-order chi connectivity index (χ0) is 30.2. The van der Waals surface area contributed by atoms with Gasteiger partial charge in [0.25, 0.3) is 0 Å². The first-order valence-corrected chi connectivity index (χ1v) is 15.7. The Bertz CT molecular complexity index is 1340. The fourth-order valence-corrected chi connectivity index (χ4v) is 6.48. The predicted octanol–water partition coefficient (Wildman–Crippen LogP) is 6.51. The number of rotatable bonds is 11. The second kappa shape index (κ2) is 15.0. The molecular formula is C33H42ClFN6O2. The largest absolute Gasteiger partial charge is 0.383 e. The van der Waals surface area contributed by atoms with Crippen LogP contribution >= 0.6 is 11.6 Å². The predicted molar refractivity (Wildman–Crippen MR) is 171 cm³/mol. The van der Waals surface area contributed by atoms with Crippen molar-refractivity contribution in [3.63, 3.8) is 0 Å². The summed E-state index contributed by atoms with van der Waals surface area (Å²) in [4.78, 5) is 7.10. The number of methoxy groups -OCH3 is 1. The van der Waals surface area contributed by atoms with Crippen molar-refractivity contribution in [3.05, 3.63) is 59.5 Å². The average molecular weight is 609 g/mol. The highest BCUT2D eigenvalue weighted by Gasteiger charge is 2.26.